The Labute approximate surface area is 153 Å². The normalized spacial score (nSPS) is 10.1. The summed E-state index contributed by atoms with van der Waals surface area (Å²) in [5.41, 5.74) is 2.60. The highest BCUT2D eigenvalue weighted by Gasteiger charge is 2.13. The lowest BCUT2D eigenvalue weighted by atomic mass is 10.1. The molecule has 0 aromatic heterocycles. The maximum atomic E-state index is 12.5. The molecule has 2 aromatic carbocycles. The van der Waals surface area contributed by atoms with Crippen LogP contribution in [0.15, 0.2) is 48.5 Å². The molecule has 2 rings (SSSR count). The molecule has 0 aliphatic carbocycles. The Morgan fingerprint density at radius 3 is 2.46 bits per heavy atom. The van der Waals surface area contributed by atoms with Crippen molar-refractivity contribution in [3.63, 3.8) is 0 Å². The van der Waals surface area contributed by atoms with Gasteiger partial charge in [0, 0.05) is 30.9 Å². The van der Waals surface area contributed by atoms with Crippen LogP contribution in [0.25, 0.3) is 0 Å². The van der Waals surface area contributed by atoms with Gasteiger partial charge in [-0.1, -0.05) is 12.1 Å². The minimum atomic E-state index is -0.284. The summed E-state index contributed by atoms with van der Waals surface area (Å²) in [6.07, 6.45) is 0. The number of rotatable bonds is 5. The first-order valence-electron chi connectivity index (χ1n) is 8.31. The summed E-state index contributed by atoms with van der Waals surface area (Å²) in [7, 11) is 1.71. The van der Waals surface area contributed by atoms with Crippen molar-refractivity contribution < 1.29 is 9.59 Å². The zero-order valence-corrected chi connectivity index (χ0v) is 15.1. The van der Waals surface area contributed by atoms with Crippen molar-refractivity contribution in [2.24, 2.45) is 0 Å². The predicted octanol–water partition coefficient (Wildman–Crippen LogP) is 3.36. The van der Waals surface area contributed by atoms with Gasteiger partial charge in [-0.2, -0.15) is 5.26 Å². The summed E-state index contributed by atoms with van der Waals surface area (Å²) >= 11 is 0. The fourth-order valence-corrected chi connectivity index (χ4v) is 2.43. The summed E-state index contributed by atoms with van der Waals surface area (Å²) in [6, 6.07) is 15.8. The van der Waals surface area contributed by atoms with E-state index in [9.17, 15) is 9.59 Å². The summed E-state index contributed by atoms with van der Waals surface area (Å²) in [4.78, 5) is 25.8. The van der Waals surface area contributed by atoms with Crippen LogP contribution in [0, 0.1) is 11.3 Å². The minimum Gasteiger partial charge on any atom is -0.337 e. The molecule has 0 saturated carbocycles. The van der Waals surface area contributed by atoms with Crippen LogP contribution in [0.5, 0.6) is 0 Å². The van der Waals surface area contributed by atoms with Crippen molar-refractivity contribution in [3.8, 4) is 6.07 Å². The number of nitrogens with one attached hydrogen (secondary N) is 2. The van der Waals surface area contributed by atoms with E-state index in [4.69, 9.17) is 5.26 Å². The fourth-order valence-electron chi connectivity index (χ4n) is 2.43. The van der Waals surface area contributed by atoms with E-state index in [1.807, 2.05) is 19.9 Å². The molecule has 0 bridgehead atoms. The van der Waals surface area contributed by atoms with Crippen molar-refractivity contribution in [2.75, 3.05) is 12.4 Å². The van der Waals surface area contributed by atoms with Crippen LogP contribution >= 0.6 is 0 Å². The van der Waals surface area contributed by atoms with Gasteiger partial charge in [-0.05, 0) is 55.8 Å². The van der Waals surface area contributed by atoms with Crippen LogP contribution in [-0.4, -0.2) is 29.9 Å². The van der Waals surface area contributed by atoms with Gasteiger partial charge in [0.1, 0.15) is 0 Å². The van der Waals surface area contributed by atoms with E-state index < -0.39 is 0 Å². The molecule has 0 unspecified atom stereocenters. The zero-order chi connectivity index (χ0) is 19.1. The van der Waals surface area contributed by atoms with E-state index in [1.165, 1.54) is 0 Å². The van der Waals surface area contributed by atoms with Crippen molar-refractivity contribution in [2.45, 2.75) is 26.4 Å². The number of amides is 3. The molecule has 0 radical (unpaired) electrons. The van der Waals surface area contributed by atoms with E-state index in [0.29, 0.717) is 23.4 Å². The molecule has 134 valence electrons. The Hall–Kier alpha value is -3.33. The van der Waals surface area contributed by atoms with Gasteiger partial charge >= 0.3 is 6.03 Å². The third-order valence-corrected chi connectivity index (χ3v) is 3.63. The van der Waals surface area contributed by atoms with Gasteiger partial charge in [0.25, 0.3) is 5.91 Å². The summed E-state index contributed by atoms with van der Waals surface area (Å²) in [5.74, 6) is -0.134. The number of hydrogen-bond acceptors (Lipinski definition) is 3. The van der Waals surface area contributed by atoms with Gasteiger partial charge in [0.15, 0.2) is 0 Å². The molecule has 26 heavy (non-hydrogen) atoms. The van der Waals surface area contributed by atoms with Gasteiger partial charge in [-0.3, -0.25) is 4.79 Å². The van der Waals surface area contributed by atoms with Gasteiger partial charge in [0.2, 0.25) is 0 Å². The third-order valence-electron chi connectivity index (χ3n) is 3.63. The minimum absolute atomic E-state index is 0.0454. The first-order valence-corrected chi connectivity index (χ1v) is 8.31. The molecule has 0 spiro atoms. The molecule has 2 N–H and O–H groups in total. The molecule has 0 heterocycles. The Balaban J connectivity index is 2.00. The average molecular weight is 350 g/mol. The maximum Gasteiger partial charge on any atom is 0.319 e. The lowest BCUT2D eigenvalue weighted by Crippen LogP contribution is -2.34. The number of nitriles is 1. The molecule has 6 heteroatoms. The number of benzene rings is 2. The molecule has 2 aromatic rings. The van der Waals surface area contributed by atoms with Crippen LogP contribution in [0.3, 0.4) is 0 Å². The predicted molar refractivity (Wildman–Crippen MR) is 101 cm³/mol. The van der Waals surface area contributed by atoms with Crippen LogP contribution < -0.4 is 10.6 Å². The average Bonchev–Trinajstić information content (AvgIpc) is 2.61. The van der Waals surface area contributed by atoms with Crippen LogP contribution in [0.4, 0.5) is 10.5 Å². The Kier molecular flexibility index (Phi) is 6.34. The van der Waals surface area contributed by atoms with E-state index in [-0.39, 0.29) is 18.0 Å². The van der Waals surface area contributed by atoms with E-state index in [0.717, 1.165) is 5.56 Å². The van der Waals surface area contributed by atoms with Crippen LogP contribution in [-0.2, 0) is 6.54 Å². The zero-order valence-electron chi connectivity index (χ0n) is 15.1. The van der Waals surface area contributed by atoms with Crippen LogP contribution in [0.2, 0.25) is 0 Å². The van der Waals surface area contributed by atoms with E-state index in [1.54, 1.807) is 54.4 Å². The Morgan fingerprint density at radius 2 is 1.85 bits per heavy atom. The number of carbonyl (C=O) groups excluding carboxylic acids is 2. The summed E-state index contributed by atoms with van der Waals surface area (Å²) in [5, 5.41) is 14.4. The topological polar surface area (TPSA) is 85.2 Å². The number of anilines is 1. The Morgan fingerprint density at radius 1 is 1.15 bits per heavy atom. The lowest BCUT2D eigenvalue weighted by molar-refractivity contribution is 0.0785. The quantitative estimate of drug-likeness (QED) is 0.867. The van der Waals surface area contributed by atoms with Gasteiger partial charge in [-0.25, -0.2) is 4.79 Å². The number of urea groups is 1. The van der Waals surface area contributed by atoms with E-state index in [2.05, 4.69) is 16.7 Å². The summed E-state index contributed by atoms with van der Waals surface area (Å²) < 4.78 is 0. The summed E-state index contributed by atoms with van der Waals surface area (Å²) in [6.45, 7) is 4.16. The van der Waals surface area contributed by atoms with Crippen LogP contribution in [0.1, 0.15) is 35.3 Å². The highest BCUT2D eigenvalue weighted by molar-refractivity contribution is 5.95. The first kappa shape index (κ1) is 19.0. The lowest BCUT2D eigenvalue weighted by Gasteiger charge is -2.18. The number of nitrogens with zero attached hydrogens (tertiary/aromatic N) is 2. The molecular weight excluding hydrogens is 328 g/mol. The van der Waals surface area contributed by atoms with Crippen molar-refractivity contribution in [1.29, 1.82) is 5.26 Å². The molecular formula is C20H22N4O2. The first-order chi connectivity index (χ1) is 12.4. The standard InChI is InChI=1S/C20H22N4O2/c1-14(2)22-20(26)23-18-9-7-17(8-10-18)19(25)24(3)13-16-6-4-5-15(11-16)12-21/h4-11,14H,13H2,1-3H3,(H2,22,23,26). The monoisotopic (exact) mass is 350 g/mol. The molecule has 6 nitrogen and oxygen atoms in total. The number of hydrogen-bond donors (Lipinski definition) is 2. The maximum absolute atomic E-state index is 12.5. The second-order valence-electron chi connectivity index (χ2n) is 6.30. The second-order valence-corrected chi connectivity index (χ2v) is 6.30. The third kappa shape index (κ3) is 5.35. The largest absolute Gasteiger partial charge is 0.337 e. The molecule has 0 aliphatic rings. The second kappa shape index (κ2) is 8.67. The highest BCUT2D eigenvalue weighted by Crippen LogP contribution is 2.13. The van der Waals surface area contributed by atoms with Gasteiger partial charge in [0.05, 0.1) is 11.6 Å². The molecule has 3 amide bonds. The molecule has 0 saturated heterocycles. The molecule has 0 atom stereocenters. The van der Waals surface area contributed by atoms with Crippen molar-refractivity contribution in [1.82, 2.24) is 10.2 Å². The van der Waals surface area contributed by atoms with Gasteiger partial charge in [-0.15, -0.1) is 0 Å². The molecule has 0 fully saturated rings. The van der Waals surface area contributed by atoms with E-state index >= 15 is 0 Å². The van der Waals surface area contributed by atoms with Crippen molar-refractivity contribution in [3.05, 3.63) is 65.2 Å². The van der Waals surface area contributed by atoms with Gasteiger partial charge < -0.3 is 15.5 Å². The Bertz CT molecular complexity index is 822. The smallest absolute Gasteiger partial charge is 0.319 e. The SMILES string of the molecule is CC(C)NC(=O)Nc1ccc(C(=O)N(C)Cc2cccc(C#N)c2)cc1. The fraction of sp³-hybridized carbons (Fsp3) is 0.250. The van der Waals surface area contributed by atoms with Crippen molar-refractivity contribution >= 4 is 17.6 Å². The number of carbonyl (C=O) groups is 2. The molecule has 0 aliphatic heterocycles. The highest BCUT2D eigenvalue weighted by atomic mass is 16.2.